The lowest BCUT2D eigenvalue weighted by molar-refractivity contribution is -0.145. The van der Waals surface area contributed by atoms with E-state index >= 15 is 0 Å². The van der Waals surface area contributed by atoms with Crippen molar-refractivity contribution in [2.24, 2.45) is 27.6 Å². The van der Waals surface area contributed by atoms with Crippen molar-refractivity contribution >= 4 is 0 Å². The number of ether oxygens (including phenoxy) is 2. The van der Waals surface area contributed by atoms with Crippen LogP contribution in [0.25, 0.3) is 0 Å². The number of phenolic OH excluding ortho intramolecular Hbond substituents is 1. The molecule has 254 valence electrons. The van der Waals surface area contributed by atoms with Gasteiger partial charge in [0, 0.05) is 5.92 Å². The quantitative estimate of drug-likeness (QED) is 0.214. The third-order valence-electron chi connectivity index (χ3n) is 10.3. The Morgan fingerprint density at radius 3 is 1.73 bits per heavy atom. The average molecular weight is 621 g/mol. The molecule has 3 unspecified atom stereocenters. The predicted octanol–water partition coefficient (Wildman–Crippen LogP) is 12.7. The molecule has 0 radical (unpaired) electrons. The van der Waals surface area contributed by atoms with E-state index in [4.69, 9.17) is 9.47 Å². The lowest BCUT2D eigenvalue weighted by Crippen LogP contribution is -2.33. The first-order valence-electron chi connectivity index (χ1n) is 18.0. The SMILES string of the molecule is CC(C)OC(Oc1ccc(C(CC(C)(C)CCC(C)(C)C(CC(C)(C)C)c2ccc(O)cc2)C(C)(C)C)cc1)C1CCCCC1. The second-order valence-corrected chi connectivity index (χ2v) is 18.3. The maximum absolute atomic E-state index is 9.95. The zero-order chi connectivity index (χ0) is 33.6. The number of hydrogen-bond acceptors (Lipinski definition) is 3. The molecule has 2 aromatic rings. The molecule has 0 saturated heterocycles. The topological polar surface area (TPSA) is 38.7 Å². The molecule has 3 heteroatoms. The van der Waals surface area contributed by atoms with Crippen molar-refractivity contribution in [3.63, 3.8) is 0 Å². The van der Waals surface area contributed by atoms with Crippen LogP contribution in [0.3, 0.4) is 0 Å². The van der Waals surface area contributed by atoms with Crippen LogP contribution >= 0.6 is 0 Å². The van der Waals surface area contributed by atoms with E-state index in [0.29, 0.717) is 23.5 Å². The Kier molecular flexibility index (Phi) is 12.7. The summed E-state index contributed by atoms with van der Waals surface area (Å²) in [6.45, 7) is 28.3. The Morgan fingerprint density at radius 1 is 0.689 bits per heavy atom. The number of aromatic hydroxyl groups is 1. The van der Waals surface area contributed by atoms with Gasteiger partial charge in [-0.25, -0.2) is 0 Å². The second kappa shape index (κ2) is 15.3. The van der Waals surface area contributed by atoms with Crippen LogP contribution in [0.5, 0.6) is 11.5 Å². The molecule has 0 amide bonds. The summed E-state index contributed by atoms with van der Waals surface area (Å²) in [5.41, 5.74) is 3.41. The molecule has 3 nitrogen and oxygen atoms in total. The van der Waals surface area contributed by atoms with E-state index in [-0.39, 0.29) is 34.1 Å². The van der Waals surface area contributed by atoms with Crippen molar-refractivity contribution in [1.82, 2.24) is 0 Å². The van der Waals surface area contributed by atoms with Crippen LogP contribution in [0.15, 0.2) is 48.5 Å². The van der Waals surface area contributed by atoms with Crippen molar-refractivity contribution in [3.8, 4) is 11.5 Å². The highest BCUT2D eigenvalue weighted by Crippen LogP contribution is 2.50. The average Bonchev–Trinajstić information content (AvgIpc) is 2.94. The summed E-state index contributed by atoms with van der Waals surface area (Å²) in [7, 11) is 0. The van der Waals surface area contributed by atoms with Crippen molar-refractivity contribution < 1.29 is 14.6 Å². The first-order valence-corrected chi connectivity index (χ1v) is 18.0. The number of hydrogen-bond donors (Lipinski definition) is 1. The molecule has 2 aromatic carbocycles. The van der Waals surface area contributed by atoms with E-state index in [9.17, 15) is 5.11 Å². The maximum atomic E-state index is 9.95. The first kappa shape index (κ1) is 37.5. The van der Waals surface area contributed by atoms with E-state index in [1.807, 2.05) is 12.1 Å². The van der Waals surface area contributed by atoms with Gasteiger partial charge in [0.05, 0.1) is 6.10 Å². The van der Waals surface area contributed by atoms with Gasteiger partial charge in [0.1, 0.15) is 11.5 Å². The molecule has 1 saturated carbocycles. The molecule has 1 aliphatic carbocycles. The third-order valence-corrected chi connectivity index (χ3v) is 10.3. The van der Waals surface area contributed by atoms with E-state index in [1.54, 1.807) is 0 Å². The zero-order valence-electron chi connectivity index (χ0n) is 31.1. The van der Waals surface area contributed by atoms with Gasteiger partial charge in [-0.2, -0.15) is 0 Å². The van der Waals surface area contributed by atoms with Gasteiger partial charge in [0.25, 0.3) is 0 Å². The Bertz CT molecular complexity index is 1140. The fourth-order valence-corrected chi connectivity index (χ4v) is 7.40. The molecule has 3 atom stereocenters. The van der Waals surface area contributed by atoms with Crippen LogP contribution in [0.2, 0.25) is 0 Å². The zero-order valence-corrected chi connectivity index (χ0v) is 31.1. The molecule has 1 aliphatic rings. The molecule has 0 spiro atoms. The minimum atomic E-state index is -0.166. The highest BCUT2D eigenvalue weighted by Gasteiger charge is 2.37. The minimum absolute atomic E-state index is 0.130. The van der Waals surface area contributed by atoms with Crippen molar-refractivity contribution in [2.45, 2.75) is 165 Å². The van der Waals surface area contributed by atoms with Crippen LogP contribution < -0.4 is 4.74 Å². The standard InChI is InChI=1S/C42H68O3/c1-30(2)44-38(33-16-14-13-15-17-33)45-35-24-20-31(21-25-35)36(40(6,7)8)29-41(9,10)26-27-42(11,12)37(28-39(3,4)5)32-18-22-34(43)23-19-32/h18-25,30,33,36-38,43H,13-17,26-29H2,1-12H3. The lowest BCUT2D eigenvalue weighted by atomic mass is 9.63. The number of benzene rings is 2. The Labute approximate surface area is 277 Å². The fourth-order valence-electron chi connectivity index (χ4n) is 7.40. The monoisotopic (exact) mass is 621 g/mol. The summed E-state index contributed by atoms with van der Waals surface area (Å²) in [5, 5.41) is 9.95. The number of rotatable bonds is 14. The highest BCUT2D eigenvalue weighted by atomic mass is 16.7. The molecular formula is C42H68O3. The van der Waals surface area contributed by atoms with Crippen molar-refractivity contribution in [1.29, 1.82) is 0 Å². The van der Waals surface area contributed by atoms with Crippen molar-refractivity contribution in [2.75, 3.05) is 0 Å². The molecule has 0 aromatic heterocycles. The van der Waals surface area contributed by atoms with Gasteiger partial charge in [-0.3, -0.25) is 0 Å². The summed E-state index contributed by atoms with van der Waals surface area (Å²) < 4.78 is 12.8. The Balaban J connectivity index is 1.74. The van der Waals surface area contributed by atoms with Gasteiger partial charge in [-0.1, -0.05) is 113 Å². The van der Waals surface area contributed by atoms with E-state index in [0.717, 1.165) is 25.0 Å². The lowest BCUT2D eigenvalue weighted by Gasteiger charge is -2.42. The molecule has 1 fully saturated rings. The Hall–Kier alpha value is -2.00. The van der Waals surface area contributed by atoms with Crippen LogP contribution in [0.1, 0.15) is 164 Å². The van der Waals surface area contributed by atoms with E-state index < -0.39 is 0 Å². The van der Waals surface area contributed by atoms with Crippen LogP contribution in [0, 0.1) is 27.6 Å². The summed E-state index contributed by atoms with van der Waals surface area (Å²) in [6, 6.07) is 16.9. The van der Waals surface area contributed by atoms with Gasteiger partial charge in [-0.15, -0.1) is 0 Å². The molecule has 0 heterocycles. The second-order valence-electron chi connectivity index (χ2n) is 18.3. The first-order chi connectivity index (χ1) is 20.8. The van der Waals surface area contributed by atoms with Gasteiger partial charge in [0.15, 0.2) is 0 Å². The maximum Gasteiger partial charge on any atom is 0.202 e. The summed E-state index contributed by atoms with van der Waals surface area (Å²) in [6.07, 6.45) is 10.8. The van der Waals surface area contributed by atoms with E-state index in [2.05, 4.69) is 119 Å². The predicted molar refractivity (Wildman–Crippen MR) is 192 cm³/mol. The van der Waals surface area contributed by atoms with Gasteiger partial charge < -0.3 is 14.6 Å². The van der Waals surface area contributed by atoms with Crippen molar-refractivity contribution in [3.05, 3.63) is 59.7 Å². The van der Waals surface area contributed by atoms with Crippen LogP contribution in [0.4, 0.5) is 0 Å². The fraction of sp³-hybridized carbons (Fsp3) is 0.714. The van der Waals surface area contributed by atoms with Crippen LogP contribution in [-0.4, -0.2) is 17.5 Å². The van der Waals surface area contributed by atoms with Crippen LogP contribution in [-0.2, 0) is 4.74 Å². The molecule has 45 heavy (non-hydrogen) atoms. The molecule has 3 rings (SSSR count). The van der Waals surface area contributed by atoms with Gasteiger partial charge in [0.2, 0.25) is 6.29 Å². The smallest absolute Gasteiger partial charge is 0.202 e. The highest BCUT2D eigenvalue weighted by molar-refractivity contribution is 5.31. The normalized spacial score (nSPS) is 17.7. The summed E-state index contributed by atoms with van der Waals surface area (Å²) in [5.74, 6) is 2.60. The third kappa shape index (κ3) is 11.9. The van der Waals surface area contributed by atoms with E-state index in [1.165, 1.54) is 49.7 Å². The number of phenols is 1. The largest absolute Gasteiger partial charge is 0.508 e. The minimum Gasteiger partial charge on any atom is -0.508 e. The summed E-state index contributed by atoms with van der Waals surface area (Å²) in [4.78, 5) is 0. The Morgan fingerprint density at radius 2 is 1.22 bits per heavy atom. The molecular weight excluding hydrogens is 552 g/mol. The molecule has 1 N–H and O–H groups in total. The molecule has 0 bridgehead atoms. The van der Waals surface area contributed by atoms with Gasteiger partial charge >= 0.3 is 0 Å². The molecule has 0 aliphatic heterocycles. The van der Waals surface area contributed by atoms with Gasteiger partial charge in [-0.05, 0) is 121 Å². The summed E-state index contributed by atoms with van der Waals surface area (Å²) >= 11 is 0.